The summed E-state index contributed by atoms with van der Waals surface area (Å²) in [4.78, 5) is 4.60. The fraction of sp³-hybridized carbons (Fsp3) is 0.370. The Morgan fingerprint density at radius 1 is 0.690 bits per heavy atom. The van der Waals surface area contributed by atoms with Crippen LogP contribution in [0.15, 0.2) is 60.8 Å². The molecule has 0 amide bonds. The molecular weight excluding hydrogens is 357 g/mol. The number of aryl methyl sites for hydroxylation is 2. The molecule has 0 radical (unpaired) electrons. The molecule has 2 aromatic carbocycles. The minimum Gasteiger partial charge on any atom is -0.256 e. The number of rotatable bonds is 10. The van der Waals surface area contributed by atoms with Gasteiger partial charge in [-0.3, -0.25) is 4.98 Å². The summed E-state index contributed by atoms with van der Waals surface area (Å²) in [6, 6.07) is 17.9. The SMILES string of the molecule is CCCCCCc1ccc(-c2ccc(-c3ccc(CCCC)cn3)cc2)c(F)c1. The molecule has 0 aliphatic carbocycles. The zero-order valence-electron chi connectivity index (χ0n) is 17.8. The Labute approximate surface area is 175 Å². The van der Waals surface area contributed by atoms with Crippen LogP contribution < -0.4 is 0 Å². The first-order valence-corrected chi connectivity index (χ1v) is 11.1. The molecule has 0 saturated heterocycles. The van der Waals surface area contributed by atoms with Crippen molar-refractivity contribution in [2.75, 3.05) is 0 Å². The maximum absolute atomic E-state index is 14.7. The molecule has 0 aliphatic rings. The van der Waals surface area contributed by atoms with Crippen LogP contribution in [0.3, 0.4) is 0 Å². The Bertz CT molecular complexity index is 881. The number of pyridine rings is 1. The number of nitrogens with zero attached hydrogens (tertiary/aromatic N) is 1. The van der Waals surface area contributed by atoms with E-state index in [9.17, 15) is 4.39 Å². The quantitative estimate of drug-likeness (QED) is 0.320. The molecular formula is C27H32FN. The van der Waals surface area contributed by atoms with Crippen LogP contribution in [0.25, 0.3) is 22.4 Å². The standard InChI is InChI=1S/C27H32FN/c1-3-5-7-8-10-21-11-17-25(26(28)19-21)23-13-15-24(16-14-23)27-18-12-22(20-29-27)9-6-4-2/h11-20H,3-10H2,1-2H3. The van der Waals surface area contributed by atoms with Gasteiger partial charge in [0.1, 0.15) is 5.82 Å². The second kappa shape index (κ2) is 10.9. The molecule has 0 unspecified atom stereocenters. The van der Waals surface area contributed by atoms with E-state index in [1.54, 1.807) is 6.07 Å². The van der Waals surface area contributed by atoms with Crippen molar-refractivity contribution in [3.05, 3.63) is 77.7 Å². The zero-order chi connectivity index (χ0) is 20.5. The maximum Gasteiger partial charge on any atom is 0.131 e. The van der Waals surface area contributed by atoms with Crippen LogP contribution >= 0.6 is 0 Å². The molecule has 0 bridgehead atoms. The molecule has 3 aromatic rings. The fourth-order valence-electron chi connectivity index (χ4n) is 3.65. The van der Waals surface area contributed by atoms with Crippen LogP contribution in [0.2, 0.25) is 0 Å². The van der Waals surface area contributed by atoms with Gasteiger partial charge in [0.25, 0.3) is 0 Å². The van der Waals surface area contributed by atoms with Gasteiger partial charge in [-0.15, -0.1) is 0 Å². The molecule has 29 heavy (non-hydrogen) atoms. The predicted molar refractivity (Wildman–Crippen MR) is 122 cm³/mol. The van der Waals surface area contributed by atoms with Crippen molar-refractivity contribution in [2.45, 2.75) is 65.2 Å². The monoisotopic (exact) mass is 389 g/mol. The second-order valence-electron chi connectivity index (χ2n) is 7.86. The van der Waals surface area contributed by atoms with Gasteiger partial charge in [0.15, 0.2) is 0 Å². The number of halogens is 1. The summed E-state index contributed by atoms with van der Waals surface area (Å²) in [5.74, 6) is -0.135. The van der Waals surface area contributed by atoms with E-state index in [1.165, 1.54) is 37.7 Å². The molecule has 0 N–H and O–H groups in total. The average molecular weight is 390 g/mol. The van der Waals surface area contributed by atoms with E-state index < -0.39 is 0 Å². The maximum atomic E-state index is 14.7. The molecule has 1 heterocycles. The molecule has 0 spiro atoms. The Balaban J connectivity index is 1.68. The van der Waals surface area contributed by atoms with Crippen molar-refractivity contribution in [2.24, 2.45) is 0 Å². The summed E-state index contributed by atoms with van der Waals surface area (Å²) in [7, 11) is 0. The third-order valence-electron chi connectivity index (χ3n) is 5.49. The van der Waals surface area contributed by atoms with Crippen LogP contribution in [-0.2, 0) is 12.8 Å². The van der Waals surface area contributed by atoms with Crippen molar-refractivity contribution >= 4 is 0 Å². The summed E-state index contributed by atoms with van der Waals surface area (Å²) >= 11 is 0. The van der Waals surface area contributed by atoms with Gasteiger partial charge in [0.2, 0.25) is 0 Å². The fourth-order valence-corrected chi connectivity index (χ4v) is 3.65. The van der Waals surface area contributed by atoms with Crippen molar-refractivity contribution in [1.82, 2.24) is 4.98 Å². The smallest absolute Gasteiger partial charge is 0.131 e. The highest BCUT2D eigenvalue weighted by atomic mass is 19.1. The lowest BCUT2D eigenvalue weighted by Crippen LogP contribution is -1.91. The Hall–Kier alpha value is -2.48. The normalized spacial score (nSPS) is 11.0. The van der Waals surface area contributed by atoms with Crippen molar-refractivity contribution < 1.29 is 4.39 Å². The lowest BCUT2D eigenvalue weighted by atomic mass is 9.99. The van der Waals surface area contributed by atoms with Gasteiger partial charge in [-0.25, -0.2) is 4.39 Å². The van der Waals surface area contributed by atoms with Crippen molar-refractivity contribution in [1.29, 1.82) is 0 Å². The first-order chi connectivity index (χ1) is 14.2. The molecule has 0 saturated carbocycles. The first kappa shape index (κ1) is 21.2. The minimum atomic E-state index is -0.135. The zero-order valence-corrected chi connectivity index (χ0v) is 17.8. The van der Waals surface area contributed by atoms with E-state index in [1.807, 2.05) is 36.5 Å². The van der Waals surface area contributed by atoms with Gasteiger partial charge in [0, 0.05) is 17.3 Å². The van der Waals surface area contributed by atoms with E-state index in [4.69, 9.17) is 0 Å². The van der Waals surface area contributed by atoms with E-state index in [0.29, 0.717) is 5.56 Å². The lowest BCUT2D eigenvalue weighted by Gasteiger charge is -2.08. The molecule has 1 aromatic heterocycles. The van der Waals surface area contributed by atoms with E-state index >= 15 is 0 Å². The van der Waals surface area contributed by atoms with Gasteiger partial charge in [-0.2, -0.15) is 0 Å². The molecule has 0 fully saturated rings. The lowest BCUT2D eigenvalue weighted by molar-refractivity contribution is 0.624. The second-order valence-corrected chi connectivity index (χ2v) is 7.86. The summed E-state index contributed by atoms with van der Waals surface area (Å²) in [6.07, 6.45) is 11.2. The highest BCUT2D eigenvalue weighted by Crippen LogP contribution is 2.27. The van der Waals surface area contributed by atoms with Gasteiger partial charge in [0.05, 0.1) is 5.69 Å². The number of hydrogen-bond donors (Lipinski definition) is 0. The Morgan fingerprint density at radius 2 is 1.38 bits per heavy atom. The summed E-state index contributed by atoms with van der Waals surface area (Å²) < 4.78 is 14.7. The van der Waals surface area contributed by atoms with Gasteiger partial charge >= 0.3 is 0 Å². The van der Waals surface area contributed by atoms with Crippen LogP contribution in [0, 0.1) is 5.82 Å². The minimum absolute atomic E-state index is 0.135. The van der Waals surface area contributed by atoms with Gasteiger partial charge < -0.3 is 0 Å². The molecule has 2 heteroatoms. The number of unbranched alkanes of at least 4 members (excludes halogenated alkanes) is 4. The summed E-state index contributed by atoms with van der Waals surface area (Å²) in [6.45, 7) is 4.41. The average Bonchev–Trinajstić information content (AvgIpc) is 2.76. The van der Waals surface area contributed by atoms with Crippen molar-refractivity contribution in [3.8, 4) is 22.4 Å². The van der Waals surface area contributed by atoms with E-state index in [-0.39, 0.29) is 5.82 Å². The molecule has 1 nitrogen and oxygen atoms in total. The molecule has 3 rings (SSSR count). The third kappa shape index (κ3) is 6.00. The van der Waals surface area contributed by atoms with E-state index in [0.717, 1.165) is 41.6 Å². The van der Waals surface area contributed by atoms with Crippen LogP contribution in [-0.4, -0.2) is 4.98 Å². The molecule has 152 valence electrons. The summed E-state index contributed by atoms with van der Waals surface area (Å²) in [5.41, 5.74) is 5.96. The number of aromatic nitrogens is 1. The molecule has 0 aliphatic heterocycles. The number of hydrogen-bond acceptors (Lipinski definition) is 1. The summed E-state index contributed by atoms with van der Waals surface area (Å²) in [5, 5.41) is 0. The predicted octanol–water partition coefficient (Wildman–Crippen LogP) is 8.02. The largest absolute Gasteiger partial charge is 0.256 e. The van der Waals surface area contributed by atoms with Gasteiger partial charge in [-0.1, -0.05) is 82.0 Å². The highest BCUT2D eigenvalue weighted by Gasteiger charge is 2.08. The van der Waals surface area contributed by atoms with Crippen LogP contribution in [0.4, 0.5) is 4.39 Å². The first-order valence-electron chi connectivity index (χ1n) is 11.1. The Kier molecular flexibility index (Phi) is 7.98. The van der Waals surface area contributed by atoms with Gasteiger partial charge in [-0.05, 0) is 54.5 Å². The number of benzene rings is 2. The third-order valence-corrected chi connectivity index (χ3v) is 5.49. The van der Waals surface area contributed by atoms with Crippen molar-refractivity contribution in [3.63, 3.8) is 0 Å². The topological polar surface area (TPSA) is 12.9 Å². The van der Waals surface area contributed by atoms with Crippen LogP contribution in [0.5, 0.6) is 0 Å². The highest BCUT2D eigenvalue weighted by molar-refractivity contribution is 5.69. The van der Waals surface area contributed by atoms with Crippen LogP contribution in [0.1, 0.15) is 63.5 Å². The van der Waals surface area contributed by atoms with E-state index in [2.05, 4.69) is 37.0 Å². The Morgan fingerprint density at radius 3 is 2.03 bits per heavy atom. The molecule has 0 atom stereocenters.